The number of amides is 1. The van der Waals surface area contributed by atoms with Crippen LogP contribution in [0.1, 0.15) is 30.6 Å². The number of nitrogens with zero attached hydrogens (tertiary/aromatic N) is 1. The maximum absolute atomic E-state index is 13.4. The molecule has 1 fully saturated rings. The summed E-state index contributed by atoms with van der Waals surface area (Å²) < 4.78 is 13.4. The highest BCUT2D eigenvalue weighted by atomic mass is 19.1. The van der Waals surface area contributed by atoms with Crippen LogP contribution >= 0.6 is 0 Å². The highest BCUT2D eigenvalue weighted by Crippen LogP contribution is 2.38. The van der Waals surface area contributed by atoms with Crippen molar-refractivity contribution in [2.45, 2.75) is 20.3 Å². The Morgan fingerprint density at radius 1 is 1.32 bits per heavy atom. The fourth-order valence-corrected chi connectivity index (χ4v) is 3.48. The zero-order valence-corrected chi connectivity index (χ0v) is 14.0. The molecule has 3 rings (SSSR count). The largest absolute Gasteiger partial charge is 0.481 e. The SMILES string of the molecule is CC(C)C1(C(=O)O)CCN(C(=O)c2cc(=O)[nH]c3cc(F)ccc23)C1. The Balaban J connectivity index is 2.01. The van der Waals surface area contributed by atoms with Gasteiger partial charge in [0.05, 0.1) is 16.5 Å². The number of rotatable bonds is 3. The van der Waals surface area contributed by atoms with Gasteiger partial charge in [-0.25, -0.2) is 4.39 Å². The number of pyridine rings is 1. The molecule has 132 valence electrons. The molecule has 0 saturated carbocycles. The monoisotopic (exact) mass is 346 g/mol. The van der Waals surface area contributed by atoms with Crippen LogP contribution in [0.5, 0.6) is 0 Å². The zero-order valence-electron chi connectivity index (χ0n) is 14.0. The van der Waals surface area contributed by atoms with Crippen LogP contribution < -0.4 is 5.56 Å². The van der Waals surface area contributed by atoms with E-state index in [2.05, 4.69) is 4.98 Å². The average molecular weight is 346 g/mol. The molecule has 0 bridgehead atoms. The summed E-state index contributed by atoms with van der Waals surface area (Å²) in [6.45, 7) is 4.05. The van der Waals surface area contributed by atoms with Gasteiger partial charge in [0.15, 0.2) is 0 Å². The molecule has 6 nitrogen and oxygen atoms in total. The van der Waals surface area contributed by atoms with Crippen molar-refractivity contribution in [2.24, 2.45) is 11.3 Å². The van der Waals surface area contributed by atoms with Crippen molar-refractivity contribution in [3.8, 4) is 0 Å². The minimum absolute atomic E-state index is 0.0916. The predicted molar refractivity (Wildman–Crippen MR) is 90.0 cm³/mol. The summed E-state index contributed by atoms with van der Waals surface area (Å²) in [7, 11) is 0. The van der Waals surface area contributed by atoms with E-state index in [1.807, 2.05) is 13.8 Å². The van der Waals surface area contributed by atoms with Gasteiger partial charge in [0.1, 0.15) is 5.82 Å². The van der Waals surface area contributed by atoms with E-state index in [4.69, 9.17) is 0 Å². The molecule has 7 heteroatoms. The summed E-state index contributed by atoms with van der Waals surface area (Å²) in [5.41, 5.74) is -1.10. The van der Waals surface area contributed by atoms with Crippen LogP contribution in [0.15, 0.2) is 29.1 Å². The molecule has 2 N–H and O–H groups in total. The molecular weight excluding hydrogens is 327 g/mol. The third-order valence-electron chi connectivity index (χ3n) is 5.15. The van der Waals surface area contributed by atoms with Crippen LogP contribution in [0, 0.1) is 17.2 Å². The van der Waals surface area contributed by atoms with Gasteiger partial charge in [0.2, 0.25) is 5.56 Å². The molecule has 1 amide bonds. The first kappa shape index (κ1) is 17.1. The van der Waals surface area contributed by atoms with Crippen molar-refractivity contribution in [1.82, 2.24) is 9.88 Å². The van der Waals surface area contributed by atoms with Gasteiger partial charge >= 0.3 is 5.97 Å². The molecule has 1 aromatic carbocycles. The van der Waals surface area contributed by atoms with Gasteiger partial charge in [-0.05, 0) is 30.5 Å². The smallest absolute Gasteiger partial charge is 0.311 e. The van der Waals surface area contributed by atoms with Crippen molar-refractivity contribution in [2.75, 3.05) is 13.1 Å². The van der Waals surface area contributed by atoms with E-state index in [0.29, 0.717) is 18.4 Å². The minimum Gasteiger partial charge on any atom is -0.481 e. The molecule has 1 saturated heterocycles. The molecule has 0 aliphatic carbocycles. The summed E-state index contributed by atoms with van der Waals surface area (Å²) in [6, 6.07) is 5.00. The fraction of sp³-hybridized carbons (Fsp3) is 0.389. The van der Waals surface area contributed by atoms with Crippen molar-refractivity contribution in [3.63, 3.8) is 0 Å². The van der Waals surface area contributed by atoms with E-state index in [1.54, 1.807) is 0 Å². The topological polar surface area (TPSA) is 90.5 Å². The maximum Gasteiger partial charge on any atom is 0.311 e. The second kappa shape index (κ2) is 5.98. The summed E-state index contributed by atoms with van der Waals surface area (Å²) in [4.78, 5) is 40.5. The van der Waals surface area contributed by atoms with Crippen LogP contribution in [0.25, 0.3) is 10.9 Å². The van der Waals surface area contributed by atoms with Crippen LogP contribution in [-0.2, 0) is 4.79 Å². The van der Waals surface area contributed by atoms with E-state index >= 15 is 0 Å². The zero-order chi connectivity index (χ0) is 18.4. The molecule has 2 aromatic rings. The van der Waals surface area contributed by atoms with Gasteiger partial charge < -0.3 is 15.0 Å². The summed E-state index contributed by atoms with van der Waals surface area (Å²) >= 11 is 0. The number of aliphatic carboxylic acids is 1. The van der Waals surface area contributed by atoms with Crippen molar-refractivity contribution in [1.29, 1.82) is 0 Å². The maximum atomic E-state index is 13.4. The number of carbonyl (C=O) groups is 2. The molecular formula is C18H19FN2O4. The number of fused-ring (bicyclic) bond motifs is 1. The molecule has 0 spiro atoms. The Kier molecular flexibility index (Phi) is 4.10. The van der Waals surface area contributed by atoms with E-state index in [1.165, 1.54) is 23.1 Å². The number of nitrogens with one attached hydrogen (secondary N) is 1. The lowest BCUT2D eigenvalue weighted by molar-refractivity contribution is -0.150. The van der Waals surface area contributed by atoms with E-state index in [9.17, 15) is 23.9 Å². The standard InChI is InChI=1S/C18H19FN2O4/c1-10(2)18(17(24)25)5-6-21(9-18)16(23)13-8-15(22)20-14-7-11(19)3-4-12(13)14/h3-4,7-8,10H,5-6,9H2,1-2H3,(H,20,22)(H,24,25). The van der Waals surface area contributed by atoms with E-state index < -0.39 is 28.7 Å². The fourth-order valence-electron chi connectivity index (χ4n) is 3.48. The minimum atomic E-state index is -0.987. The summed E-state index contributed by atoms with van der Waals surface area (Å²) in [5, 5.41) is 10.0. The molecule has 1 aromatic heterocycles. The van der Waals surface area contributed by atoms with Crippen LogP contribution in [-0.4, -0.2) is 40.0 Å². The Morgan fingerprint density at radius 2 is 2.04 bits per heavy atom. The molecule has 2 heterocycles. The number of carboxylic acid groups (broad SMARTS) is 1. The van der Waals surface area contributed by atoms with Crippen molar-refractivity contribution < 1.29 is 19.1 Å². The quantitative estimate of drug-likeness (QED) is 0.892. The van der Waals surface area contributed by atoms with E-state index in [-0.39, 0.29) is 23.5 Å². The second-order valence-electron chi connectivity index (χ2n) is 6.83. The lowest BCUT2D eigenvalue weighted by Gasteiger charge is -2.28. The number of hydrogen-bond acceptors (Lipinski definition) is 3. The molecule has 1 aliphatic heterocycles. The second-order valence-corrected chi connectivity index (χ2v) is 6.83. The highest BCUT2D eigenvalue weighted by Gasteiger charge is 2.48. The van der Waals surface area contributed by atoms with Gasteiger partial charge in [-0.1, -0.05) is 13.8 Å². The molecule has 1 unspecified atom stereocenters. The van der Waals surface area contributed by atoms with Crippen LogP contribution in [0.4, 0.5) is 4.39 Å². The predicted octanol–water partition coefficient (Wildman–Crippen LogP) is 2.24. The molecule has 1 aliphatic rings. The number of hydrogen-bond donors (Lipinski definition) is 2. The molecule has 0 radical (unpaired) electrons. The Morgan fingerprint density at radius 3 is 2.64 bits per heavy atom. The van der Waals surface area contributed by atoms with E-state index in [0.717, 1.165) is 6.07 Å². The number of H-pyrrole nitrogens is 1. The number of likely N-dealkylation sites (tertiary alicyclic amines) is 1. The highest BCUT2D eigenvalue weighted by molar-refractivity contribution is 6.06. The van der Waals surface area contributed by atoms with Gasteiger partial charge in [-0.15, -0.1) is 0 Å². The van der Waals surface area contributed by atoms with Crippen LogP contribution in [0.2, 0.25) is 0 Å². The first-order valence-electron chi connectivity index (χ1n) is 8.10. The third kappa shape index (κ3) is 2.79. The van der Waals surface area contributed by atoms with Crippen molar-refractivity contribution in [3.05, 3.63) is 46.0 Å². The Labute approximate surface area is 143 Å². The average Bonchev–Trinajstić information content (AvgIpc) is 2.99. The third-order valence-corrected chi connectivity index (χ3v) is 5.15. The van der Waals surface area contributed by atoms with Crippen molar-refractivity contribution >= 4 is 22.8 Å². The summed E-state index contributed by atoms with van der Waals surface area (Å²) in [6.07, 6.45) is 0.363. The number of aromatic amines is 1. The lowest BCUT2D eigenvalue weighted by atomic mass is 9.76. The lowest BCUT2D eigenvalue weighted by Crippen LogP contribution is -2.40. The number of halogens is 1. The Bertz CT molecular complexity index is 921. The van der Waals surface area contributed by atoms with Gasteiger partial charge in [-0.3, -0.25) is 14.4 Å². The summed E-state index contributed by atoms with van der Waals surface area (Å²) in [5.74, 6) is -1.98. The first-order chi connectivity index (χ1) is 11.7. The van der Waals surface area contributed by atoms with Crippen LogP contribution in [0.3, 0.4) is 0 Å². The number of aromatic nitrogens is 1. The Hall–Kier alpha value is -2.70. The normalized spacial score (nSPS) is 20.4. The van der Waals surface area contributed by atoms with Gasteiger partial charge in [0, 0.05) is 24.5 Å². The number of benzene rings is 1. The molecule has 1 atom stereocenters. The first-order valence-corrected chi connectivity index (χ1v) is 8.10. The molecule has 25 heavy (non-hydrogen) atoms. The number of carbonyl (C=O) groups excluding carboxylic acids is 1. The van der Waals surface area contributed by atoms with Gasteiger partial charge in [-0.2, -0.15) is 0 Å². The van der Waals surface area contributed by atoms with Gasteiger partial charge in [0.25, 0.3) is 5.91 Å². The number of carboxylic acids is 1.